The van der Waals surface area contributed by atoms with E-state index in [9.17, 15) is 24.5 Å². The number of halogens is 1. The van der Waals surface area contributed by atoms with Crippen molar-refractivity contribution < 1.29 is 24.0 Å². The molecule has 2 amide bonds. The highest BCUT2D eigenvalue weighted by Gasteiger charge is 2.18. The molecule has 0 aliphatic carbocycles. The van der Waals surface area contributed by atoms with Gasteiger partial charge in [-0.3, -0.25) is 19.7 Å². The van der Waals surface area contributed by atoms with Crippen molar-refractivity contribution in [2.24, 2.45) is 0 Å². The van der Waals surface area contributed by atoms with Crippen LogP contribution >= 0.6 is 11.6 Å². The van der Waals surface area contributed by atoms with Crippen molar-refractivity contribution in [1.29, 1.82) is 0 Å². The number of hydrogen-bond donors (Lipinski definition) is 2. The number of rotatable bonds is 8. The Bertz CT molecular complexity index is 1300. The molecule has 3 aromatic carbocycles. The second-order valence-electron chi connectivity index (χ2n) is 7.10. The van der Waals surface area contributed by atoms with Gasteiger partial charge in [0.25, 0.3) is 17.5 Å². The highest BCUT2D eigenvalue weighted by molar-refractivity contribution is 6.34. The lowest BCUT2D eigenvalue weighted by molar-refractivity contribution is -0.384. The van der Waals surface area contributed by atoms with Crippen LogP contribution in [0, 0.1) is 10.1 Å². The number of nitro groups is 1. The number of anilines is 1. The Hall–Kier alpha value is -4.50. The molecule has 2 N–H and O–H groups in total. The van der Waals surface area contributed by atoms with Gasteiger partial charge in [0.2, 0.25) is 0 Å². The minimum atomic E-state index is -0.690. The largest absolute Gasteiger partial charge is 0.462 e. The highest BCUT2D eigenvalue weighted by atomic mass is 35.5. The summed E-state index contributed by atoms with van der Waals surface area (Å²) in [6.45, 7) is 1.88. The summed E-state index contributed by atoms with van der Waals surface area (Å²) < 4.78 is 4.97. The lowest BCUT2D eigenvalue weighted by Crippen LogP contribution is -2.31. The summed E-state index contributed by atoms with van der Waals surface area (Å²) in [5.41, 5.74) is 0.850. The summed E-state index contributed by atoms with van der Waals surface area (Å²) >= 11 is 6.10. The molecule has 0 saturated carbocycles. The summed E-state index contributed by atoms with van der Waals surface area (Å²) in [5.74, 6) is -1.86. The fourth-order valence-electron chi connectivity index (χ4n) is 2.99. The number of amides is 2. The normalized spacial score (nSPS) is 10.9. The molecule has 0 spiro atoms. The standard InChI is InChI=1S/C25H20ClN3O6/c1-2-35-25(32)17-6-5-7-18(15-17)27-24(31)22(14-16-10-12-19(13-11-16)29(33)34)28-23(30)20-8-3-4-9-21(20)26/h3-15H,2H2,1H3,(H,27,31)(H,28,30). The molecular weight excluding hydrogens is 474 g/mol. The zero-order valence-corrected chi connectivity index (χ0v) is 19.2. The van der Waals surface area contributed by atoms with Crippen LogP contribution in [0.25, 0.3) is 6.08 Å². The molecule has 0 aliphatic heterocycles. The van der Waals surface area contributed by atoms with Crippen molar-refractivity contribution >= 4 is 46.8 Å². The quantitative estimate of drug-likeness (QED) is 0.200. The number of hydrogen-bond acceptors (Lipinski definition) is 6. The van der Waals surface area contributed by atoms with Crippen molar-refractivity contribution in [3.63, 3.8) is 0 Å². The van der Waals surface area contributed by atoms with Gasteiger partial charge >= 0.3 is 5.97 Å². The number of ether oxygens (including phenoxy) is 1. The van der Waals surface area contributed by atoms with E-state index in [0.717, 1.165) is 0 Å². The minimum Gasteiger partial charge on any atom is -0.462 e. The second-order valence-corrected chi connectivity index (χ2v) is 7.50. The molecule has 3 rings (SSSR count). The maximum atomic E-state index is 13.1. The van der Waals surface area contributed by atoms with E-state index in [0.29, 0.717) is 11.3 Å². The van der Waals surface area contributed by atoms with Gasteiger partial charge in [-0.05, 0) is 61.0 Å². The summed E-state index contributed by atoms with van der Waals surface area (Å²) in [5, 5.41) is 16.3. The summed E-state index contributed by atoms with van der Waals surface area (Å²) in [6, 6.07) is 17.9. The molecule has 178 valence electrons. The van der Waals surface area contributed by atoms with E-state index >= 15 is 0 Å². The van der Waals surface area contributed by atoms with Gasteiger partial charge in [-0.2, -0.15) is 0 Å². The van der Waals surface area contributed by atoms with Crippen LogP contribution in [0.4, 0.5) is 11.4 Å². The van der Waals surface area contributed by atoms with Crippen molar-refractivity contribution in [1.82, 2.24) is 5.32 Å². The van der Waals surface area contributed by atoms with Crippen LogP contribution in [0.2, 0.25) is 5.02 Å². The van der Waals surface area contributed by atoms with Gasteiger partial charge < -0.3 is 15.4 Å². The van der Waals surface area contributed by atoms with Crippen molar-refractivity contribution in [2.45, 2.75) is 6.92 Å². The fourth-order valence-corrected chi connectivity index (χ4v) is 3.21. The average Bonchev–Trinajstić information content (AvgIpc) is 2.84. The third-order valence-electron chi connectivity index (χ3n) is 4.66. The van der Waals surface area contributed by atoms with Gasteiger partial charge in [-0.15, -0.1) is 0 Å². The third-order valence-corrected chi connectivity index (χ3v) is 4.99. The first-order chi connectivity index (χ1) is 16.8. The topological polar surface area (TPSA) is 128 Å². The van der Waals surface area contributed by atoms with Gasteiger partial charge in [-0.1, -0.05) is 29.8 Å². The highest BCUT2D eigenvalue weighted by Crippen LogP contribution is 2.18. The van der Waals surface area contributed by atoms with Crippen LogP contribution in [-0.2, 0) is 9.53 Å². The first kappa shape index (κ1) is 25.1. The molecule has 0 unspecified atom stereocenters. The molecule has 9 nitrogen and oxygen atoms in total. The van der Waals surface area contributed by atoms with E-state index in [4.69, 9.17) is 16.3 Å². The fraction of sp³-hybridized carbons (Fsp3) is 0.0800. The van der Waals surface area contributed by atoms with Crippen LogP contribution < -0.4 is 10.6 Å². The van der Waals surface area contributed by atoms with Crippen molar-refractivity contribution in [3.8, 4) is 0 Å². The molecule has 0 heterocycles. The van der Waals surface area contributed by atoms with Gasteiger partial charge in [-0.25, -0.2) is 4.79 Å². The predicted molar refractivity (Wildman–Crippen MR) is 131 cm³/mol. The lowest BCUT2D eigenvalue weighted by Gasteiger charge is -2.12. The molecular formula is C25H20ClN3O6. The van der Waals surface area contributed by atoms with E-state index in [1.54, 1.807) is 37.3 Å². The van der Waals surface area contributed by atoms with E-state index in [2.05, 4.69) is 10.6 Å². The monoisotopic (exact) mass is 493 g/mol. The molecule has 0 radical (unpaired) electrons. The van der Waals surface area contributed by atoms with E-state index < -0.39 is 22.7 Å². The maximum Gasteiger partial charge on any atom is 0.338 e. The van der Waals surface area contributed by atoms with E-state index in [1.807, 2.05) is 0 Å². The van der Waals surface area contributed by atoms with Crippen molar-refractivity contribution in [2.75, 3.05) is 11.9 Å². The Morgan fingerprint density at radius 1 is 1.03 bits per heavy atom. The first-order valence-electron chi connectivity index (χ1n) is 10.4. The minimum absolute atomic E-state index is 0.121. The second kappa shape index (κ2) is 11.6. The van der Waals surface area contributed by atoms with Crippen LogP contribution in [0.3, 0.4) is 0 Å². The van der Waals surface area contributed by atoms with Crippen LogP contribution in [0.5, 0.6) is 0 Å². The molecule has 0 bridgehead atoms. The van der Waals surface area contributed by atoms with Crippen molar-refractivity contribution in [3.05, 3.63) is 110 Å². The molecule has 10 heteroatoms. The number of carbonyl (C=O) groups excluding carboxylic acids is 3. The molecule has 0 atom stereocenters. The number of nitrogens with zero attached hydrogens (tertiary/aromatic N) is 1. The predicted octanol–water partition coefficient (Wildman–Crippen LogP) is 4.83. The SMILES string of the molecule is CCOC(=O)c1cccc(NC(=O)C(=Cc2ccc([N+](=O)[O-])cc2)NC(=O)c2ccccc2Cl)c1. The van der Waals surface area contributed by atoms with E-state index in [1.165, 1.54) is 48.5 Å². The molecule has 0 aliphatic rings. The Labute approximate surface area is 205 Å². The molecule has 0 fully saturated rings. The first-order valence-corrected chi connectivity index (χ1v) is 10.8. The molecule has 0 aromatic heterocycles. The van der Waals surface area contributed by atoms with Crippen LogP contribution in [-0.4, -0.2) is 29.3 Å². The summed E-state index contributed by atoms with van der Waals surface area (Å²) in [4.78, 5) is 48.3. The molecule has 35 heavy (non-hydrogen) atoms. The van der Waals surface area contributed by atoms with Gasteiger partial charge in [0.1, 0.15) is 5.70 Å². The summed E-state index contributed by atoms with van der Waals surface area (Å²) in [7, 11) is 0. The van der Waals surface area contributed by atoms with E-state index in [-0.39, 0.29) is 34.1 Å². The van der Waals surface area contributed by atoms with Crippen LogP contribution in [0.15, 0.2) is 78.5 Å². The Balaban J connectivity index is 1.91. The average molecular weight is 494 g/mol. The molecule has 3 aromatic rings. The number of nitrogens with one attached hydrogen (secondary N) is 2. The van der Waals surface area contributed by atoms with Gasteiger partial charge in [0.15, 0.2) is 0 Å². The number of nitro benzene ring substituents is 1. The zero-order chi connectivity index (χ0) is 25.4. The Kier molecular flexibility index (Phi) is 8.31. The number of benzene rings is 3. The zero-order valence-electron chi connectivity index (χ0n) is 18.5. The summed E-state index contributed by atoms with van der Waals surface area (Å²) in [6.07, 6.45) is 1.36. The number of non-ortho nitro benzene ring substituents is 1. The number of esters is 1. The Morgan fingerprint density at radius 2 is 1.74 bits per heavy atom. The smallest absolute Gasteiger partial charge is 0.338 e. The number of carbonyl (C=O) groups is 3. The van der Waals surface area contributed by atoms with Gasteiger partial charge in [0.05, 0.1) is 27.7 Å². The van der Waals surface area contributed by atoms with Crippen LogP contribution in [0.1, 0.15) is 33.2 Å². The third kappa shape index (κ3) is 6.75. The van der Waals surface area contributed by atoms with Gasteiger partial charge in [0, 0.05) is 17.8 Å². The Morgan fingerprint density at radius 3 is 2.40 bits per heavy atom. The lowest BCUT2D eigenvalue weighted by atomic mass is 10.1. The molecule has 0 saturated heterocycles. The maximum absolute atomic E-state index is 13.1.